The van der Waals surface area contributed by atoms with Crippen LogP contribution >= 0.6 is 27.5 Å². The molecule has 3 nitrogen and oxygen atoms in total. The first-order valence-corrected chi connectivity index (χ1v) is 6.42. The molecular formula is C12H13BrClN3. The highest BCUT2D eigenvalue weighted by Crippen LogP contribution is 2.26. The Balaban J connectivity index is 2.50. The van der Waals surface area contributed by atoms with Gasteiger partial charge in [-0.2, -0.15) is 0 Å². The largest absolute Gasteiger partial charge is 0.329 e. The topological polar surface area (TPSA) is 29.9 Å². The van der Waals surface area contributed by atoms with Crippen molar-refractivity contribution in [2.45, 2.75) is 6.54 Å². The Morgan fingerprint density at radius 3 is 2.88 bits per heavy atom. The lowest BCUT2D eigenvalue weighted by Gasteiger charge is -2.05. The highest BCUT2D eigenvalue weighted by atomic mass is 79.9. The molecule has 1 aromatic heterocycles. The molecule has 0 bridgehead atoms. The quantitative estimate of drug-likeness (QED) is 0.942. The fourth-order valence-corrected chi connectivity index (χ4v) is 2.42. The average Bonchev–Trinajstić information content (AvgIpc) is 2.57. The van der Waals surface area contributed by atoms with Crippen LogP contribution in [0, 0.1) is 0 Å². The van der Waals surface area contributed by atoms with E-state index < -0.39 is 0 Å². The van der Waals surface area contributed by atoms with Crippen LogP contribution in [-0.4, -0.2) is 16.6 Å². The Kier molecular flexibility index (Phi) is 3.86. The Hall–Kier alpha value is -0.840. The van der Waals surface area contributed by atoms with E-state index in [4.69, 9.17) is 11.6 Å². The summed E-state index contributed by atoms with van der Waals surface area (Å²) in [7, 11) is 3.86. The molecule has 0 unspecified atom stereocenters. The molecule has 2 aromatic rings. The summed E-state index contributed by atoms with van der Waals surface area (Å²) >= 11 is 9.59. The summed E-state index contributed by atoms with van der Waals surface area (Å²) < 4.78 is 3.05. The lowest BCUT2D eigenvalue weighted by atomic mass is 10.2. The molecule has 17 heavy (non-hydrogen) atoms. The molecule has 0 radical (unpaired) electrons. The van der Waals surface area contributed by atoms with Crippen molar-refractivity contribution in [1.29, 1.82) is 0 Å². The minimum Gasteiger partial charge on any atom is -0.329 e. The summed E-state index contributed by atoms with van der Waals surface area (Å²) in [5.74, 6) is 0.876. The van der Waals surface area contributed by atoms with E-state index in [2.05, 4.69) is 26.2 Å². The van der Waals surface area contributed by atoms with E-state index in [1.165, 1.54) is 0 Å². The van der Waals surface area contributed by atoms with E-state index in [9.17, 15) is 0 Å². The lowest BCUT2D eigenvalue weighted by Crippen LogP contribution is -2.10. The molecule has 1 N–H and O–H groups in total. The van der Waals surface area contributed by atoms with Gasteiger partial charge < -0.3 is 9.88 Å². The van der Waals surface area contributed by atoms with Gasteiger partial charge in [-0.15, -0.1) is 0 Å². The number of hydrogen-bond acceptors (Lipinski definition) is 2. The highest BCUT2D eigenvalue weighted by molar-refractivity contribution is 9.10. The van der Waals surface area contributed by atoms with Gasteiger partial charge in [-0.1, -0.05) is 39.7 Å². The summed E-state index contributed by atoms with van der Waals surface area (Å²) in [6.07, 6.45) is 0. The average molecular weight is 315 g/mol. The first-order valence-electron chi connectivity index (χ1n) is 5.25. The maximum absolute atomic E-state index is 6.14. The van der Waals surface area contributed by atoms with Gasteiger partial charge in [0.2, 0.25) is 0 Å². The zero-order chi connectivity index (χ0) is 12.4. The number of nitrogens with zero attached hydrogens (tertiary/aromatic N) is 2. The van der Waals surface area contributed by atoms with E-state index in [1.54, 1.807) is 0 Å². The van der Waals surface area contributed by atoms with E-state index in [1.807, 2.05) is 42.9 Å². The summed E-state index contributed by atoms with van der Waals surface area (Å²) in [5.41, 5.74) is 2.04. The van der Waals surface area contributed by atoms with Crippen molar-refractivity contribution in [3.63, 3.8) is 0 Å². The van der Waals surface area contributed by atoms with Crippen molar-refractivity contribution < 1.29 is 0 Å². The van der Waals surface area contributed by atoms with E-state index in [0.29, 0.717) is 11.7 Å². The monoisotopic (exact) mass is 313 g/mol. The van der Waals surface area contributed by atoms with Gasteiger partial charge in [0.05, 0.1) is 5.69 Å². The number of hydrogen-bond donors (Lipinski definition) is 1. The minimum atomic E-state index is 0.553. The van der Waals surface area contributed by atoms with E-state index in [-0.39, 0.29) is 0 Å². The van der Waals surface area contributed by atoms with Crippen molar-refractivity contribution in [2.75, 3.05) is 7.05 Å². The summed E-state index contributed by atoms with van der Waals surface area (Å²) in [4.78, 5) is 4.41. The highest BCUT2D eigenvalue weighted by Gasteiger charge is 2.13. The fraction of sp³-hybridized carbons (Fsp3) is 0.250. The second-order valence-electron chi connectivity index (χ2n) is 3.77. The number of benzene rings is 1. The molecule has 0 aliphatic carbocycles. The minimum absolute atomic E-state index is 0.553. The molecule has 0 aliphatic rings. The van der Waals surface area contributed by atoms with Gasteiger partial charge in [0, 0.05) is 23.6 Å². The molecule has 1 heterocycles. The molecule has 0 saturated carbocycles. The van der Waals surface area contributed by atoms with Gasteiger partial charge in [-0.3, -0.25) is 0 Å². The van der Waals surface area contributed by atoms with Crippen LogP contribution in [0.3, 0.4) is 0 Å². The van der Waals surface area contributed by atoms with Gasteiger partial charge in [0.1, 0.15) is 5.82 Å². The number of aromatic nitrogens is 2. The van der Waals surface area contributed by atoms with Crippen LogP contribution in [0.5, 0.6) is 0 Å². The van der Waals surface area contributed by atoms with Crippen molar-refractivity contribution in [3.05, 3.63) is 39.6 Å². The molecule has 5 heteroatoms. The van der Waals surface area contributed by atoms with E-state index >= 15 is 0 Å². The van der Waals surface area contributed by atoms with E-state index in [0.717, 1.165) is 21.6 Å². The molecule has 0 saturated heterocycles. The van der Waals surface area contributed by atoms with Crippen LogP contribution in [-0.2, 0) is 13.6 Å². The Morgan fingerprint density at radius 2 is 2.24 bits per heavy atom. The SMILES string of the molecule is CNCc1c(Cl)nc(-c2cccc(Br)c2)n1C. The third kappa shape index (κ3) is 2.54. The zero-order valence-electron chi connectivity index (χ0n) is 9.67. The molecule has 0 fully saturated rings. The Labute approximate surface area is 114 Å². The number of imidazole rings is 1. The lowest BCUT2D eigenvalue weighted by molar-refractivity contribution is 0.738. The van der Waals surface area contributed by atoms with Crippen molar-refractivity contribution in [1.82, 2.24) is 14.9 Å². The van der Waals surface area contributed by atoms with Gasteiger partial charge in [0.15, 0.2) is 5.15 Å². The maximum Gasteiger partial charge on any atom is 0.152 e. The molecule has 2 rings (SSSR count). The third-order valence-corrected chi connectivity index (χ3v) is 3.39. The predicted molar refractivity (Wildman–Crippen MR) is 74.1 cm³/mol. The zero-order valence-corrected chi connectivity index (χ0v) is 12.0. The third-order valence-electron chi connectivity index (χ3n) is 2.59. The Morgan fingerprint density at radius 1 is 1.47 bits per heavy atom. The predicted octanol–water partition coefficient (Wildman–Crippen LogP) is 3.22. The van der Waals surface area contributed by atoms with Crippen LogP contribution in [0.2, 0.25) is 5.15 Å². The van der Waals surface area contributed by atoms with Crippen LogP contribution in [0.15, 0.2) is 28.7 Å². The van der Waals surface area contributed by atoms with Crippen molar-refractivity contribution in [2.24, 2.45) is 7.05 Å². The normalized spacial score (nSPS) is 10.8. The fourth-order valence-electron chi connectivity index (χ4n) is 1.74. The van der Waals surface area contributed by atoms with Crippen LogP contribution in [0.25, 0.3) is 11.4 Å². The van der Waals surface area contributed by atoms with Crippen LogP contribution < -0.4 is 5.32 Å². The summed E-state index contributed by atoms with van der Waals surface area (Å²) in [6, 6.07) is 8.02. The molecule has 90 valence electrons. The van der Waals surface area contributed by atoms with Crippen molar-refractivity contribution in [3.8, 4) is 11.4 Å². The van der Waals surface area contributed by atoms with Crippen LogP contribution in [0.1, 0.15) is 5.69 Å². The molecular weight excluding hydrogens is 302 g/mol. The molecule has 1 aromatic carbocycles. The molecule has 0 aliphatic heterocycles. The Bertz CT molecular complexity index is 537. The first kappa shape index (κ1) is 12.6. The van der Waals surface area contributed by atoms with Gasteiger partial charge in [0.25, 0.3) is 0 Å². The van der Waals surface area contributed by atoms with Crippen molar-refractivity contribution >= 4 is 27.5 Å². The standard InChI is InChI=1S/C12H13BrClN3/c1-15-7-10-11(14)16-12(17(10)2)8-4-3-5-9(13)6-8/h3-6,15H,7H2,1-2H3. The second-order valence-corrected chi connectivity index (χ2v) is 5.05. The first-order chi connectivity index (χ1) is 8.13. The molecule has 0 spiro atoms. The molecule has 0 atom stereocenters. The smallest absolute Gasteiger partial charge is 0.152 e. The van der Waals surface area contributed by atoms with Gasteiger partial charge in [-0.05, 0) is 19.2 Å². The van der Waals surface area contributed by atoms with Crippen LogP contribution in [0.4, 0.5) is 0 Å². The maximum atomic E-state index is 6.14. The summed E-state index contributed by atoms with van der Waals surface area (Å²) in [6.45, 7) is 0.705. The number of halogens is 2. The van der Waals surface area contributed by atoms with Gasteiger partial charge in [-0.25, -0.2) is 4.98 Å². The second kappa shape index (κ2) is 5.21. The summed E-state index contributed by atoms with van der Waals surface area (Å²) in [5, 5.41) is 3.64. The molecule has 0 amide bonds. The van der Waals surface area contributed by atoms with Gasteiger partial charge >= 0.3 is 0 Å². The number of rotatable bonds is 3. The number of nitrogens with one attached hydrogen (secondary N) is 1.